The first-order chi connectivity index (χ1) is 8.92. The van der Waals surface area contributed by atoms with Crippen molar-refractivity contribution < 1.29 is 23.9 Å². The number of thioether (sulfide) groups is 1. The Hall–Kier alpha value is -1.50. The van der Waals surface area contributed by atoms with E-state index in [2.05, 4.69) is 4.74 Å². The zero-order chi connectivity index (χ0) is 14.8. The molecule has 19 heavy (non-hydrogen) atoms. The van der Waals surface area contributed by atoms with Crippen molar-refractivity contribution in [1.29, 1.82) is 0 Å². The molecule has 0 aromatic rings. The zero-order valence-corrected chi connectivity index (χ0v) is 12.4. The molecule has 6 nitrogen and oxygen atoms in total. The number of ketones is 1. The molecule has 0 saturated heterocycles. The van der Waals surface area contributed by atoms with Crippen LogP contribution in [0, 0.1) is 0 Å². The highest BCUT2D eigenvalue weighted by Crippen LogP contribution is 2.18. The lowest BCUT2D eigenvalue weighted by Gasteiger charge is -2.10. The van der Waals surface area contributed by atoms with E-state index in [0.717, 1.165) is 11.8 Å². The molecule has 0 radical (unpaired) electrons. The Bertz CT molecular complexity index is 365. The van der Waals surface area contributed by atoms with Gasteiger partial charge in [0.2, 0.25) is 0 Å². The Morgan fingerprint density at radius 2 is 1.68 bits per heavy atom. The van der Waals surface area contributed by atoms with Gasteiger partial charge in [-0.2, -0.15) is 0 Å². The molecule has 0 aliphatic heterocycles. The van der Waals surface area contributed by atoms with Crippen LogP contribution in [0.1, 0.15) is 13.8 Å². The fourth-order valence-electron chi connectivity index (χ4n) is 1.03. The number of Topliss-reactive ketones (excluding diaryl/α,β-unsaturated/α-hetero) is 1. The molecule has 0 amide bonds. The van der Waals surface area contributed by atoms with Crippen molar-refractivity contribution in [3.05, 3.63) is 11.1 Å². The van der Waals surface area contributed by atoms with Crippen molar-refractivity contribution in [2.75, 3.05) is 33.1 Å². The molecule has 0 spiro atoms. The average molecular weight is 289 g/mol. The molecule has 0 N–H and O–H groups in total. The van der Waals surface area contributed by atoms with E-state index >= 15 is 0 Å². The molecular formula is C12H19NO5S. The lowest BCUT2D eigenvalue weighted by molar-refractivity contribution is -0.151. The zero-order valence-electron chi connectivity index (χ0n) is 11.6. The molecule has 0 aromatic heterocycles. The van der Waals surface area contributed by atoms with Crippen LogP contribution in [0.2, 0.25) is 0 Å². The van der Waals surface area contributed by atoms with Gasteiger partial charge in [0.1, 0.15) is 0 Å². The summed E-state index contributed by atoms with van der Waals surface area (Å²) in [5, 5.41) is 0. The highest BCUT2D eigenvalue weighted by atomic mass is 32.2. The van der Waals surface area contributed by atoms with Crippen molar-refractivity contribution in [2.45, 2.75) is 13.8 Å². The van der Waals surface area contributed by atoms with Crippen LogP contribution in [0.15, 0.2) is 11.1 Å². The third-order valence-corrected chi connectivity index (χ3v) is 2.69. The van der Waals surface area contributed by atoms with Gasteiger partial charge < -0.3 is 14.4 Å². The van der Waals surface area contributed by atoms with Gasteiger partial charge in [0.25, 0.3) is 5.78 Å². The van der Waals surface area contributed by atoms with Crippen LogP contribution in [0.4, 0.5) is 0 Å². The molecule has 0 aliphatic rings. The Labute approximate surface area is 117 Å². The molecule has 0 saturated carbocycles. The number of hydrogen-bond acceptors (Lipinski definition) is 7. The summed E-state index contributed by atoms with van der Waals surface area (Å²) >= 11 is 0.955. The van der Waals surface area contributed by atoms with Crippen molar-refractivity contribution in [2.24, 2.45) is 0 Å². The summed E-state index contributed by atoms with van der Waals surface area (Å²) in [6.45, 7) is 3.72. The van der Waals surface area contributed by atoms with Crippen LogP contribution in [0.5, 0.6) is 0 Å². The molecule has 0 fully saturated rings. The van der Waals surface area contributed by atoms with E-state index in [1.165, 1.54) is 6.20 Å². The van der Waals surface area contributed by atoms with Crippen LogP contribution in [0.25, 0.3) is 0 Å². The number of rotatable bonds is 8. The summed E-state index contributed by atoms with van der Waals surface area (Å²) in [4.78, 5) is 36.2. The predicted molar refractivity (Wildman–Crippen MR) is 72.5 cm³/mol. The fraction of sp³-hybridized carbons (Fsp3) is 0.583. The Morgan fingerprint density at radius 3 is 2.16 bits per heavy atom. The molecule has 108 valence electrons. The SMILES string of the molecule is CCOC(=O)CS/C(=C/N(C)C)C(=O)C(=O)OCC. The maximum Gasteiger partial charge on any atom is 0.380 e. The largest absolute Gasteiger partial charge is 0.465 e. The standard InChI is InChI=1S/C12H19NO5S/c1-5-17-10(14)8-19-9(7-13(3)4)11(15)12(16)18-6-2/h7H,5-6,8H2,1-4H3/b9-7+. The van der Waals surface area contributed by atoms with Crippen LogP contribution in [-0.2, 0) is 23.9 Å². The smallest absolute Gasteiger partial charge is 0.380 e. The van der Waals surface area contributed by atoms with E-state index in [4.69, 9.17) is 4.74 Å². The Balaban J connectivity index is 4.69. The molecule has 0 heterocycles. The lowest BCUT2D eigenvalue weighted by atomic mass is 10.4. The summed E-state index contributed by atoms with van der Waals surface area (Å²) in [7, 11) is 3.42. The van der Waals surface area contributed by atoms with E-state index in [-0.39, 0.29) is 23.9 Å². The average Bonchev–Trinajstić information content (AvgIpc) is 2.33. The third-order valence-electron chi connectivity index (χ3n) is 1.71. The topological polar surface area (TPSA) is 72.9 Å². The summed E-state index contributed by atoms with van der Waals surface area (Å²) in [6.07, 6.45) is 1.48. The Morgan fingerprint density at radius 1 is 1.11 bits per heavy atom. The molecule has 0 aliphatic carbocycles. The second-order valence-electron chi connectivity index (χ2n) is 3.60. The maximum absolute atomic E-state index is 11.8. The molecule has 0 unspecified atom stereocenters. The third kappa shape index (κ3) is 7.50. The number of hydrogen-bond donors (Lipinski definition) is 0. The first kappa shape index (κ1) is 17.5. The van der Waals surface area contributed by atoms with E-state index in [1.807, 2.05) is 0 Å². The van der Waals surface area contributed by atoms with Gasteiger partial charge in [0.05, 0.1) is 23.9 Å². The summed E-state index contributed by atoms with van der Waals surface area (Å²) in [5.74, 6) is -2.15. The van der Waals surface area contributed by atoms with E-state index in [1.54, 1.807) is 32.8 Å². The number of esters is 2. The maximum atomic E-state index is 11.8. The Kier molecular flexibility index (Phi) is 8.69. The number of nitrogens with zero attached hydrogens (tertiary/aromatic N) is 1. The highest BCUT2D eigenvalue weighted by molar-refractivity contribution is 8.04. The second kappa shape index (κ2) is 9.43. The predicted octanol–water partition coefficient (Wildman–Crippen LogP) is 0.818. The van der Waals surface area contributed by atoms with E-state index in [0.29, 0.717) is 0 Å². The monoisotopic (exact) mass is 289 g/mol. The van der Waals surface area contributed by atoms with E-state index < -0.39 is 17.7 Å². The summed E-state index contributed by atoms with van der Waals surface area (Å²) in [5.41, 5.74) is 0. The highest BCUT2D eigenvalue weighted by Gasteiger charge is 2.22. The fourth-order valence-corrected chi connectivity index (χ4v) is 1.89. The van der Waals surface area contributed by atoms with Crippen molar-refractivity contribution in [3.63, 3.8) is 0 Å². The number of ether oxygens (including phenoxy) is 2. The van der Waals surface area contributed by atoms with Crippen LogP contribution >= 0.6 is 11.8 Å². The van der Waals surface area contributed by atoms with Gasteiger partial charge in [0.15, 0.2) is 0 Å². The first-order valence-electron chi connectivity index (χ1n) is 5.80. The minimum absolute atomic E-state index is 0.0291. The van der Waals surface area contributed by atoms with Crippen molar-refractivity contribution >= 4 is 29.5 Å². The molecule has 7 heteroatoms. The molecule has 0 bridgehead atoms. The van der Waals surface area contributed by atoms with Crippen LogP contribution in [-0.4, -0.2) is 55.7 Å². The summed E-state index contributed by atoms with van der Waals surface area (Å²) in [6, 6.07) is 0. The van der Waals surface area contributed by atoms with Gasteiger partial charge in [-0.3, -0.25) is 9.59 Å². The van der Waals surface area contributed by atoms with Crippen molar-refractivity contribution in [1.82, 2.24) is 4.90 Å². The minimum atomic E-state index is -0.924. The normalized spacial score (nSPS) is 10.8. The van der Waals surface area contributed by atoms with E-state index in [9.17, 15) is 14.4 Å². The molecule has 0 rings (SSSR count). The summed E-state index contributed by atoms with van der Waals surface area (Å²) < 4.78 is 9.40. The molecule has 0 aromatic carbocycles. The van der Waals surface area contributed by atoms with Gasteiger partial charge in [0, 0.05) is 20.3 Å². The quantitative estimate of drug-likeness (QED) is 0.372. The van der Waals surface area contributed by atoms with Gasteiger partial charge in [-0.1, -0.05) is 0 Å². The molecular weight excluding hydrogens is 270 g/mol. The van der Waals surface area contributed by atoms with Gasteiger partial charge in [-0.25, -0.2) is 4.79 Å². The van der Waals surface area contributed by atoms with Gasteiger partial charge in [-0.15, -0.1) is 11.8 Å². The van der Waals surface area contributed by atoms with Crippen LogP contribution in [0.3, 0.4) is 0 Å². The minimum Gasteiger partial charge on any atom is -0.465 e. The number of carbonyl (C=O) groups is 3. The van der Waals surface area contributed by atoms with Crippen LogP contribution < -0.4 is 0 Å². The first-order valence-corrected chi connectivity index (χ1v) is 6.79. The van der Waals surface area contributed by atoms with Crippen molar-refractivity contribution in [3.8, 4) is 0 Å². The molecule has 0 atom stereocenters. The van der Waals surface area contributed by atoms with Gasteiger partial charge >= 0.3 is 11.9 Å². The number of carbonyl (C=O) groups excluding carboxylic acids is 3. The second-order valence-corrected chi connectivity index (χ2v) is 4.62. The lowest BCUT2D eigenvalue weighted by Crippen LogP contribution is -2.20. The van der Waals surface area contributed by atoms with Gasteiger partial charge in [-0.05, 0) is 13.8 Å².